The van der Waals surface area contributed by atoms with E-state index in [2.05, 4.69) is 17.0 Å². The maximum absolute atomic E-state index is 13.1. The van der Waals surface area contributed by atoms with Gasteiger partial charge in [-0.3, -0.25) is 4.79 Å². The number of nitrogens with one attached hydrogen (secondary N) is 1. The Kier molecular flexibility index (Phi) is 5.12. The summed E-state index contributed by atoms with van der Waals surface area (Å²) in [6.07, 6.45) is -8.12. The Labute approximate surface area is 160 Å². The Balaban J connectivity index is 2.11. The van der Waals surface area contributed by atoms with Crippen molar-refractivity contribution < 1.29 is 31.1 Å². The maximum atomic E-state index is 13.1. The van der Waals surface area contributed by atoms with Gasteiger partial charge in [-0.2, -0.15) is 31.4 Å². The predicted octanol–water partition coefficient (Wildman–Crippen LogP) is 4.87. The lowest BCUT2D eigenvalue weighted by Crippen LogP contribution is -2.20. The van der Waals surface area contributed by atoms with E-state index in [4.69, 9.17) is 0 Å². The zero-order valence-electron chi connectivity index (χ0n) is 14.6. The first-order chi connectivity index (χ1) is 13.5. The molecular formula is C19H13F6N3O. The molecular weight excluding hydrogens is 400 g/mol. The highest BCUT2D eigenvalue weighted by Crippen LogP contribution is 2.34. The lowest BCUT2D eigenvalue weighted by molar-refractivity contribution is -0.138. The molecule has 0 aliphatic heterocycles. The Bertz CT molecular complexity index is 1060. The largest absolute Gasteiger partial charge is 0.416 e. The van der Waals surface area contributed by atoms with Gasteiger partial charge < -0.3 is 5.32 Å². The molecule has 0 saturated heterocycles. The zero-order chi connectivity index (χ0) is 21.4. The number of benzene rings is 2. The number of amides is 1. The minimum atomic E-state index is -4.59. The molecule has 0 atom stereocenters. The van der Waals surface area contributed by atoms with Gasteiger partial charge in [0.2, 0.25) is 5.91 Å². The van der Waals surface area contributed by atoms with Gasteiger partial charge in [-0.1, -0.05) is 6.58 Å². The Hall–Kier alpha value is -3.30. The van der Waals surface area contributed by atoms with Crippen LogP contribution in [0.25, 0.3) is 16.6 Å². The molecule has 29 heavy (non-hydrogen) atoms. The molecule has 0 radical (unpaired) electrons. The van der Waals surface area contributed by atoms with Gasteiger partial charge in [0.25, 0.3) is 0 Å². The highest BCUT2D eigenvalue weighted by atomic mass is 19.4. The summed E-state index contributed by atoms with van der Waals surface area (Å²) in [6, 6.07) is 6.97. The Morgan fingerprint density at radius 1 is 1.00 bits per heavy atom. The van der Waals surface area contributed by atoms with Crippen molar-refractivity contribution in [3.63, 3.8) is 0 Å². The predicted molar refractivity (Wildman–Crippen MR) is 93.1 cm³/mol. The summed E-state index contributed by atoms with van der Waals surface area (Å²) in [7, 11) is 0. The van der Waals surface area contributed by atoms with Crippen molar-refractivity contribution in [3.05, 3.63) is 71.9 Å². The second kappa shape index (κ2) is 7.26. The van der Waals surface area contributed by atoms with Gasteiger partial charge in [-0.25, -0.2) is 4.68 Å². The van der Waals surface area contributed by atoms with Crippen LogP contribution in [0.5, 0.6) is 0 Å². The molecule has 0 saturated carbocycles. The molecule has 2 aromatic carbocycles. The van der Waals surface area contributed by atoms with Crippen LogP contribution in [0.1, 0.15) is 16.8 Å². The third-order valence-corrected chi connectivity index (χ3v) is 4.14. The van der Waals surface area contributed by atoms with Crippen molar-refractivity contribution in [2.75, 3.05) is 0 Å². The minimum Gasteiger partial charge on any atom is -0.347 e. The van der Waals surface area contributed by atoms with E-state index in [-0.39, 0.29) is 28.8 Å². The van der Waals surface area contributed by atoms with Crippen molar-refractivity contribution in [1.82, 2.24) is 15.1 Å². The normalized spacial score (nSPS) is 12.2. The molecule has 0 bridgehead atoms. The van der Waals surface area contributed by atoms with Crippen LogP contribution in [-0.2, 0) is 23.7 Å². The Morgan fingerprint density at radius 2 is 1.59 bits per heavy atom. The molecule has 3 aromatic rings. The van der Waals surface area contributed by atoms with Crippen LogP contribution >= 0.6 is 0 Å². The summed E-state index contributed by atoms with van der Waals surface area (Å²) < 4.78 is 78.8. The number of fused-ring (bicyclic) bond motifs is 1. The monoisotopic (exact) mass is 413 g/mol. The first kappa shape index (κ1) is 20.4. The van der Waals surface area contributed by atoms with E-state index in [1.165, 1.54) is 22.9 Å². The van der Waals surface area contributed by atoms with E-state index in [0.29, 0.717) is 0 Å². The summed E-state index contributed by atoms with van der Waals surface area (Å²) in [5.41, 5.74) is -1.17. The number of halogens is 6. The molecule has 4 nitrogen and oxygen atoms in total. The van der Waals surface area contributed by atoms with Crippen LogP contribution in [0, 0.1) is 0 Å². The van der Waals surface area contributed by atoms with E-state index >= 15 is 0 Å². The van der Waals surface area contributed by atoms with Crippen molar-refractivity contribution >= 4 is 16.8 Å². The number of carbonyl (C=O) groups is 1. The fraction of sp³-hybridized carbons (Fsp3) is 0.158. The van der Waals surface area contributed by atoms with Crippen LogP contribution in [0.3, 0.4) is 0 Å². The summed E-state index contributed by atoms with van der Waals surface area (Å²) in [5.74, 6) is -0.547. The number of hydrogen-bond donors (Lipinski definition) is 1. The average Bonchev–Trinajstić information content (AvgIpc) is 3.03. The van der Waals surface area contributed by atoms with Crippen LogP contribution in [0.2, 0.25) is 0 Å². The highest BCUT2D eigenvalue weighted by Gasteiger charge is 2.32. The van der Waals surface area contributed by atoms with Crippen LogP contribution in [0.4, 0.5) is 26.3 Å². The van der Waals surface area contributed by atoms with Crippen LogP contribution in [-0.4, -0.2) is 15.7 Å². The summed E-state index contributed by atoms with van der Waals surface area (Å²) in [5, 5.41) is 6.74. The van der Waals surface area contributed by atoms with Crippen molar-refractivity contribution in [1.29, 1.82) is 0 Å². The zero-order valence-corrected chi connectivity index (χ0v) is 14.6. The Morgan fingerprint density at radius 3 is 2.14 bits per heavy atom. The van der Waals surface area contributed by atoms with Gasteiger partial charge in [0.1, 0.15) is 0 Å². The van der Waals surface area contributed by atoms with Gasteiger partial charge in [0.05, 0.1) is 34.6 Å². The molecule has 3 rings (SSSR count). The standard InChI is InChI=1S/C19H13F6N3O/c1-2-17(29)26-10-15-14-9-12(19(23,24)25)5-8-16(14)28(27-15)13-6-3-11(4-7-13)18(20,21)22/h2-9H,1,10H2,(H,26,29). The van der Waals surface area contributed by atoms with Gasteiger partial charge in [0.15, 0.2) is 0 Å². The number of alkyl halides is 6. The molecule has 1 aromatic heterocycles. The molecule has 152 valence electrons. The molecule has 1 N–H and O–H groups in total. The fourth-order valence-corrected chi connectivity index (χ4v) is 2.72. The molecule has 1 amide bonds. The SMILES string of the molecule is C=CC(=O)NCc1nn(-c2ccc(C(F)(F)F)cc2)c2ccc(C(F)(F)F)cc12. The smallest absolute Gasteiger partial charge is 0.347 e. The number of nitrogens with zero attached hydrogens (tertiary/aromatic N) is 2. The second-order valence-corrected chi connectivity index (χ2v) is 6.05. The van der Waals surface area contributed by atoms with Crippen LogP contribution in [0.15, 0.2) is 55.1 Å². The van der Waals surface area contributed by atoms with Gasteiger partial charge >= 0.3 is 12.4 Å². The third kappa shape index (κ3) is 4.25. The van der Waals surface area contributed by atoms with E-state index in [1.807, 2.05) is 0 Å². The lowest BCUT2D eigenvalue weighted by Gasteiger charge is -2.09. The topological polar surface area (TPSA) is 46.9 Å². The second-order valence-electron chi connectivity index (χ2n) is 6.05. The van der Waals surface area contributed by atoms with Crippen molar-refractivity contribution in [2.24, 2.45) is 0 Å². The van der Waals surface area contributed by atoms with E-state index in [9.17, 15) is 31.1 Å². The highest BCUT2D eigenvalue weighted by molar-refractivity contribution is 5.88. The summed E-state index contributed by atoms with van der Waals surface area (Å²) >= 11 is 0. The van der Waals surface area contributed by atoms with Crippen LogP contribution < -0.4 is 5.32 Å². The average molecular weight is 413 g/mol. The molecule has 0 aliphatic rings. The molecule has 1 heterocycles. The van der Waals surface area contributed by atoms with E-state index < -0.39 is 29.4 Å². The van der Waals surface area contributed by atoms with Crippen molar-refractivity contribution in [2.45, 2.75) is 18.9 Å². The molecule has 10 heteroatoms. The quantitative estimate of drug-likeness (QED) is 0.490. The minimum absolute atomic E-state index is 0.115. The van der Waals surface area contributed by atoms with Gasteiger partial charge in [0, 0.05) is 5.39 Å². The summed E-state index contributed by atoms with van der Waals surface area (Å²) in [6.45, 7) is 3.10. The molecule has 0 unspecified atom stereocenters. The third-order valence-electron chi connectivity index (χ3n) is 4.14. The van der Waals surface area contributed by atoms with E-state index in [1.54, 1.807) is 0 Å². The van der Waals surface area contributed by atoms with Crippen molar-refractivity contribution in [3.8, 4) is 5.69 Å². The molecule has 0 spiro atoms. The van der Waals surface area contributed by atoms with E-state index in [0.717, 1.165) is 30.3 Å². The number of rotatable bonds is 4. The van der Waals surface area contributed by atoms with Gasteiger partial charge in [-0.05, 0) is 48.5 Å². The molecule has 0 aliphatic carbocycles. The summed E-state index contributed by atoms with van der Waals surface area (Å²) in [4.78, 5) is 11.4. The number of hydrogen-bond acceptors (Lipinski definition) is 2. The number of carbonyl (C=O) groups excluding carboxylic acids is 1. The van der Waals surface area contributed by atoms with Gasteiger partial charge in [-0.15, -0.1) is 0 Å². The fourth-order valence-electron chi connectivity index (χ4n) is 2.72. The first-order valence-electron chi connectivity index (χ1n) is 8.17. The lowest BCUT2D eigenvalue weighted by atomic mass is 10.1. The number of aromatic nitrogens is 2. The maximum Gasteiger partial charge on any atom is 0.416 e. The molecule has 0 fully saturated rings. The first-order valence-corrected chi connectivity index (χ1v) is 8.17.